The number of nitrogens with one attached hydrogen (secondary N) is 1. The Hall–Kier alpha value is -2.37. The Bertz CT molecular complexity index is 627. The van der Waals surface area contributed by atoms with Crippen LogP contribution in [0.25, 0.3) is 11.1 Å². The van der Waals surface area contributed by atoms with E-state index in [1.165, 1.54) is 0 Å². The van der Waals surface area contributed by atoms with E-state index in [9.17, 15) is 10.1 Å². The number of anilines is 1. The summed E-state index contributed by atoms with van der Waals surface area (Å²) in [7, 11) is 1.67. The van der Waals surface area contributed by atoms with Gasteiger partial charge in [-0.3, -0.25) is 10.1 Å². The molecule has 1 N–H and O–H groups in total. The predicted octanol–water partition coefficient (Wildman–Crippen LogP) is 3.22. The lowest BCUT2D eigenvalue weighted by atomic mass is 10.00. The lowest BCUT2D eigenvalue weighted by Crippen LogP contribution is -2.00. The summed E-state index contributed by atoms with van der Waals surface area (Å²) in [4.78, 5) is 10.8. The van der Waals surface area contributed by atoms with Gasteiger partial charge in [-0.1, -0.05) is 5.16 Å². The largest absolute Gasteiger partial charge is 0.382 e. The number of benzene rings is 1. The Morgan fingerprint density at radius 3 is 2.47 bits per heavy atom. The summed E-state index contributed by atoms with van der Waals surface area (Å²) >= 11 is 0. The van der Waals surface area contributed by atoms with Crippen molar-refractivity contribution in [1.29, 1.82) is 0 Å². The Morgan fingerprint density at radius 1 is 1.32 bits per heavy atom. The van der Waals surface area contributed by atoms with Gasteiger partial charge in [0, 0.05) is 18.7 Å². The van der Waals surface area contributed by atoms with Gasteiger partial charge in [-0.25, -0.2) is 0 Å². The number of nitro benzene ring substituents is 1. The molecule has 0 saturated carbocycles. The van der Waals surface area contributed by atoms with Crippen molar-refractivity contribution >= 4 is 11.4 Å². The highest BCUT2D eigenvalue weighted by molar-refractivity contribution is 5.78. The first-order chi connectivity index (χ1) is 8.95. The molecule has 0 aliphatic carbocycles. The molecule has 19 heavy (non-hydrogen) atoms. The zero-order valence-corrected chi connectivity index (χ0v) is 11.3. The van der Waals surface area contributed by atoms with E-state index in [0.29, 0.717) is 11.4 Å². The predicted molar refractivity (Wildman–Crippen MR) is 72.4 cm³/mol. The summed E-state index contributed by atoms with van der Waals surface area (Å²) in [5.41, 5.74) is 3.68. The van der Waals surface area contributed by atoms with Crippen molar-refractivity contribution < 1.29 is 9.45 Å². The van der Waals surface area contributed by atoms with Crippen LogP contribution in [0.1, 0.15) is 17.0 Å². The molecule has 2 rings (SSSR count). The Morgan fingerprint density at radius 2 is 2.00 bits per heavy atom. The van der Waals surface area contributed by atoms with E-state index in [-0.39, 0.29) is 10.6 Å². The number of rotatable bonds is 3. The van der Waals surface area contributed by atoms with E-state index in [1.54, 1.807) is 20.0 Å². The highest BCUT2D eigenvalue weighted by Crippen LogP contribution is 2.36. The van der Waals surface area contributed by atoms with Gasteiger partial charge in [0.25, 0.3) is 5.69 Å². The van der Waals surface area contributed by atoms with Crippen LogP contribution in [-0.2, 0) is 0 Å². The van der Waals surface area contributed by atoms with E-state index in [2.05, 4.69) is 10.5 Å². The van der Waals surface area contributed by atoms with Crippen LogP contribution in [0.2, 0.25) is 0 Å². The molecular formula is C13H15N3O3. The van der Waals surface area contributed by atoms with Crippen molar-refractivity contribution in [1.82, 2.24) is 5.16 Å². The maximum Gasteiger partial charge on any atom is 0.293 e. The molecule has 0 unspecified atom stereocenters. The van der Waals surface area contributed by atoms with E-state index in [0.717, 1.165) is 22.4 Å². The zero-order valence-electron chi connectivity index (χ0n) is 11.3. The molecule has 1 aromatic heterocycles. The number of hydrogen-bond acceptors (Lipinski definition) is 5. The topological polar surface area (TPSA) is 81.2 Å². The summed E-state index contributed by atoms with van der Waals surface area (Å²) in [5.74, 6) is 0.656. The average molecular weight is 261 g/mol. The number of nitro groups is 1. The second kappa shape index (κ2) is 4.72. The fourth-order valence-corrected chi connectivity index (χ4v) is 2.28. The lowest BCUT2D eigenvalue weighted by molar-refractivity contribution is -0.383. The molecule has 0 spiro atoms. The minimum absolute atomic E-state index is 0.0532. The number of aryl methyl sites for hydroxylation is 3. The summed E-state index contributed by atoms with van der Waals surface area (Å²) < 4.78 is 5.11. The first kappa shape index (κ1) is 13.1. The molecule has 0 saturated heterocycles. The van der Waals surface area contributed by atoms with E-state index < -0.39 is 0 Å². The van der Waals surface area contributed by atoms with E-state index in [1.807, 2.05) is 19.9 Å². The monoisotopic (exact) mass is 261 g/mol. The molecule has 0 aliphatic heterocycles. The summed E-state index contributed by atoms with van der Waals surface area (Å²) in [6.07, 6.45) is 0. The van der Waals surface area contributed by atoms with E-state index >= 15 is 0 Å². The minimum atomic E-state index is -0.388. The third-order valence-electron chi connectivity index (χ3n) is 3.08. The van der Waals surface area contributed by atoms with Crippen molar-refractivity contribution in [2.75, 3.05) is 12.4 Å². The van der Waals surface area contributed by atoms with Crippen LogP contribution in [-0.4, -0.2) is 17.1 Å². The molecule has 0 bridgehead atoms. The Kier molecular flexibility index (Phi) is 3.25. The van der Waals surface area contributed by atoms with Crippen LogP contribution in [0, 0.1) is 30.9 Å². The van der Waals surface area contributed by atoms with Gasteiger partial charge in [0.2, 0.25) is 0 Å². The van der Waals surface area contributed by atoms with Crippen LogP contribution < -0.4 is 5.32 Å². The fraction of sp³-hybridized carbons (Fsp3) is 0.308. The van der Waals surface area contributed by atoms with Gasteiger partial charge in [-0.2, -0.15) is 0 Å². The highest BCUT2D eigenvalue weighted by atomic mass is 16.6. The number of nitrogens with zero attached hydrogens (tertiary/aromatic N) is 2. The van der Waals surface area contributed by atoms with Gasteiger partial charge in [0.15, 0.2) is 0 Å². The molecule has 6 nitrogen and oxygen atoms in total. The molecule has 0 radical (unpaired) electrons. The summed E-state index contributed by atoms with van der Waals surface area (Å²) in [6, 6.07) is 3.44. The molecule has 0 fully saturated rings. The molecule has 6 heteroatoms. The Labute approximate surface area is 110 Å². The quantitative estimate of drug-likeness (QED) is 0.677. The minimum Gasteiger partial charge on any atom is -0.382 e. The Balaban J connectivity index is 2.70. The van der Waals surface area contributed by atoms with Crippen LogP contribution >= 0.6 is 0 Å². The number of aromatic nitrogens is 1. The van der Waals surface area contributed by atoms with Crippen molar-refractivity contribution in [3.8, 4) is 11.1 Å². The zero-order chi connectivity index (χ0) is 14.2. The smallest absolute Gasteiger partial charge is 0.293 e. The van der Waals surface area contributed by atoms with Gasteiger partial charge < -0.3 is 9.84 Å². The third kappa shape index (κ3) is 2.16. The molecule has 0 aliphatic rings. The maximum absolute atomic E-state index is 11.2. The molecule has 0 atom stereocenters. The number of hydrogen-bond donors (Lipinski definition) is 1. The van der Waals surface area contributed by atoms with Crippen LogP contribution in [0.15, 0.2) is 16.7 Å². The molecular weight excluding hydrogens is 246 g/mol. The molecule has 0 amide bonds. The van der Waals surface area contributed by atoms with Crippen molar-refractivity contribution in [3.05, 3.63) is 39.3 Å². The van der Waals surface area contributed by atoms with Crippen LogP contribution in [0.3, 0.4) is 0 Å². The second-order valence-electron chi connectivity index (χ2n) is 4.39. The summed E-state index contributed by atoms with van der Waals surface area (Å²) in [5, 5.41) is 17.9. The maximum atomic E-state index is 11.2. The van der Waals surface area contributed by atoms with Crippen LogP contribution in [0.5, 0.6) is 0 Å². The summed E-state index contributed by atoms with van der Waals surface area (Å²) in [6.45, 7) is 5.45. The van der Waals surface area contributed by atoms with Gasteiger partial charge >= 0.3 is 0 Å². The normalized spacial score (nSPS) is 10.5. The second-order valence-corrected chi connectivity index (χ2v) is 4.39. The highest BCUT2D eigenvalue weighted by Gasteiger charge is 2.20. The molecule has 2 aromatic rings. The molecule has 100 valence electrons. The average Bonchev–Trinajstić information content (AvgIpc) is 2.68. The van der Waals surface area contributed by atoms with Gasteiger partial charge in [0.05, 0.1) is 10.6 Å². The van der Waals surface area contributed by atoms with Crippen molar-refractivity contribution in [2.24, 2.45) is 0 Å². The SMILES string of the molecule is CNc1c(C)cc(-c2c(C)noc2C)cc1[N+](=O)[O-]. The van der Waals surface area contributed by atoms with Gasteiger partial charge in [-0.15, -0.1) is 0 Å². The first-order valence-electron chi connectivity index (χ1n) is 5.85. The van der Waals surface area contributed by atoms with Gasteiger partial charge in [0.1, 0.15) is 11.4 Å². The lowest BCUT2D eigenvalue weighted by Gasteiger charge is -2.09. The standard InChI is InChI=1S/C13H15N3O3/c1-7-5-10(12-8(2)15-19-9(12)3)6-11(16(17)18)13(7)14-4/h5-6,14H,1-4H3. The molecule has 1 heterocycles. The van der Waals surface area contributed by atoms with Gasteiger partial charge in [-0.05, 0) is 38.0 Å². The van der Waals surface area contributed by atoms with Crippen molar-refractivity contribution in [2.45, 2.75) is 20.8 Å². The van der Waals surface area contributed by atoms with Crippen molar-refractivity contribution in [3.63, 3.8) is 0 Å². The van der Waals surface area contributed by atoms with E-state index in [4.69, 9.17) is 4.52 Å². The molecule has 1 aromatic carbocycles. The first-order valence-corrected chi connectivity index (χ1v) is 5.85. The fourth-order valence-electron chi connectivity index (χ4n) is 2.28. The third-order valence-corrected chi connectivity index (χ3v) is 3.08. The van der Waals surface area contributed by atoms with Crippen LogP contribution in [0.4, 0.5) is 11.4 Å².